The minimum atomic E-state index is -0.483. The molecule has 13 heteroatoms. The van der Waals surface area contributed by atoms with Crippen molar-refractivity contribution in [3.63, 3.8) is 0 Å². The summed E-state index contributed by atoms with van der Waals surface area (Å²) < 4.78 is 12.0. The Labute approximate surface area is 209 Å². The summed E-state index contributed by atoms with van der Waals surface area (Å²) in [7, 11) is 4.55. The second-order valence-corrected chi connectivity index (χ2v) is 7.93. The normalized spacial score (nSPS) is 10.8. The zero-order chi connectivity index (χ0) is 25.3. The van der Waals surface area contributed by atoms with Crippen LogP contribution in [0.3, 0.4) is 0 Å². The second kappa shape index (κ2) is 9.65. The summed E-state index contributed by atoms with van der Waals surface area (Å²) in [6.07, 6.45) is 4.26. The molecule has 180 valence electrons. The van der Waals surface area contributed by atoms with Crippen LogP contribution in [0.2, 0.25) is 10.0 Å². The molecule has 0 saturated carbocycles. The number of anilines is 3. The Balaban J connectivity index is 1.68. The van der Waals surface area contributed by atoms with Gasteiger partial charge in [-0.1, -0.05) is 29.8 Å². The van der Waals surface area contributed by atoms with Gasteiger partial charge in [-0.05, 0) is 12.1 Å². The van der Waals surface area contributed by atoms with Crippen molar-refractivity contribution in [2.24, 2.45) is 7.05 Å². The van der Waals surface area contributed by atoms with Gasteiger partial charge in [0.15, 0.2) is 5.82 Å². The number of carbonyl (C=O) groups is 2. The molecule has 0 radical (unpaired) electrons. The molecule has 0 aliphatic heterocycles. The first-order valence-corrected chi connectivity index (χ1v) is 10.8. The van der Waals surface area contributed by atoms with Gasteiger partial charge in [0.05, 0.1) is 58.9 Å². The van der Waals surface area contributed by atoms with E-state index in [1.807, 2.05) is 0 Å². The van der Waals surface area contributed by atoms with Crippen LogP contribution in [0.5, 0.6) is 11.5 Å². The predicted molar refractivity (Wildman–Crippen MR) is 132 cm³/mol. The fraction of sp³-hybridized carbons (Fsp3) is 0.136. The van der Waals surface area contributed by atoms with Crippen molar-refractivity contribution >= 4 is 63.4 Å². The van der Waals surface area contributed by atoms with Crippen LogP contribution in [0.1, 0.15) is 16.1 Å². The first kappa shape index (κ1) is 24.0. The molecule has 0 bridgehead atoms. The van der Waals surface area contributed by atoms with Crippen LogP contribution in [-0.2, 0) is 11.8 Å². The van der Waals surface area contributed by atoms with E-state index in [-0.39, 0.29) is 38.8 Å². The van der Waals surface area contributed by atoms with Crippen molar-refractivity contribution in [3.8, 4) is 11.5 Å². The number of fused-ring (bicyclic) bond motifs is 1. The maximum Gasteiger partial charge on any atom is 0.247 e. The Morgan fingerprint density at radius 3 is 2.49 bits per heavy atom. The Hall–Kier alpha value is -4.09. The number of aromatic amines is 1. The molecule has 1 amide bonds. The molecular weight excluding hydrogens is 497 g/mol. The molecule has 0 unspecified atom stereocenters. The van der Waals surface area contributed by atoms with E-state index >= 15 is 0 Å². The molecule has 0 saturated heterocycles. The van der Waals surface area contributed by atoms with Crippen LogP contribution in [0.25, 0.3) is 11.0 Å². The summed E-state index contributed by atoms with van der Waals surface area (Å²) in [5, 5.41) is 9.98. The van der Waals surface area contributed by atoms with Crippen molar-refractivity contribution in [3.05, 3.63) is 58.5 Å². The van der Waals surface area contributed by atoms with Crippen LogP contribution in [0.4, 0.5) is 17.5 Å². The molecule has 11 nitrogen and oxygen atoms in total. The highest BCUT2D eigenvalue weighted by Gasteiger charge is 2.25. The maximum absolute atomic E-state index is 13.3. The standard InChI is InChI=1S/C22H19Cl2N7O4/c1-5-16(32)27-13-9-31(2)30-21(13)29-22-25-8-12-10(28-22)6-11(26-12)20(33)17-18(23)14(34-3)7-15(35-4)19(17)24/h5-9,26H,1H2,2-4H3,(H,27,32)(H,25,28,29,30). The fourth-order valence-corrected chi connectivity index (χ4v) is 3.96. The number of hydrogen-bond acceptors (Lipinski definition) is 8. The van der Waals surface area contributed by atoms with Crippen molar-refractivity contribution in [2.45, 2.75) is 0 Å². The van der Waals surface area contributed by atoms with E-state index in [1.54, 1.807) is 19.3 Å². The van der Waals surface area contributed by atoms with Gasteiger partial charge in [0.25, 0.3) is 0 Å². The second-order valence-electron chi connectivity index (χ2n) is 7.17. The lowest BCUT2D eigenvalue weighted by atomic mass is 10.1. The van der Waals surface area contributed by atoms with Gasteiger partial charge in [0.2, 0.25) is 17.6 Å². The molecule has 0 aliphatic carbocycles. The number of nitrogens with zero attached hydrogens (tertiary/aromatic N) is 4. The van der Waals surface area contributed by atoms with E-state index in [9.17, 15) is 9.59 Å². The van der Waals surface area contributed by atoms with E-state index in [0.717, 1.165) is 6.08 Å². The summed E-state index contributed by atoms with van der Waals surface area (Å²) in [5.74, 6) is 0.140. The summed E-state index contributed by atoms with van der Waals surface area (Å²) in [6, 6.07) is 3.04. The van der Waals surface area contributed by atoms with Crippen molar-refractivity contribution in [1.82, 2.24) is 24.7 Å². The highest BCUT2D eigenvalue weighted by Crippen LogP contribution is 2.41. The number of amides is 1. The third-order valence-corrected chi connectivity index (χ3v) is 5.67. The zero-order valence-corrected chi connectivity index (χ0v) is 20.3. The highest BCUT2D eigenvalue weighted by molar-refractivity contribution is 6.42. The van der Waals surface area contributed by atoms with E-state index in [2.05, 4.69) is 37.3 Å². The molecule has 0 atom stereocenters. The largest absolute Gasteiger partial charge is 0.495 e. The Bertz CT molecular complexity index is 1450. The zero-order valence-electron chi connectivity index (χ0n) is 18.8. The smallest absolute Gasteiger partial charge is 0.247 e. The van der Waals surface area contributed by atoms with Crippen LogP contribution in [0, 0.1) is 0 Å². The number of rotatable bonds is 8. The van der Waals surface area contributed by atoms with Gasteiger partial charge in [-0.2, -0.15) is 5.10 Å². The topological polar surface area (TPSA) is 136 Å². The Kier molecular flexibility index (Phi) is 6.63. The molecule has 0 fully saturated rings. The fourth-order valence-electron chi connectivity index (χ4n) is 3.28. The van der Waals surface area contributed by atoms with Crippen molar-refractivity contribution < 1.29 is 19.1 Å². The van der Waals surface area contributed by atoms with Gasteiger partial charge < -0.3 is 25.1 Å². The highest BCUT2D eigenvalue weighted by atomic mass is 35.5. The quantitative estimate of drug-likeness (QED) is 0.235. The number of benzene rings is 1. The predicted octanol–water partition coefficient (Wildman–Crippen LogP) is 4.11. The minimum Gasteiger partial charge on any atom is -0.495 e. The van der Waals surface area contributed by atoms with Gasteiger partial charge >= 0.3 is 0 Å². The van der Waals surface area contributed by atoms with Gasteiger partial charge in [-0.15, -0.1) is 0 Å². The number of aryl methyl sites for hydroxylation is 1. The maximum atomic E-state index is 13.3. The number of methoxy groups -OCH3 is 2. The van der Waals surface area contributed by atoms with Gasteiger partial charge in [-0.3, -0.25) is 14.3 Å². The first-order chi connectivity index (χ1) is 16.7. The molecule has 3 heterocycles. The van der Waals surface area contributed by atoms with E-state index in [4.69, 9.17) is 32.7 Å². The monoisotopic (exact) mass is 515 g/mol. The number of hydrogen-bond donors (Lipinski definition) is 3. The number of carbonyl (C=O) groups excluding carboxylic acids is 2. The van der Waals surface area contributed by atoms with E-state index in [0.29, 0.717) is 22.5 Å². The van der Waals surface area contributed by atoms with Crippen LogP contribution in [-0.4, -0.2) is 50.6 Å². The summed E-state index contributed by atoms with van der Waals surface area (Å²) in [6.45, 7) is 3.43. The van der Waals surface area contributed by atoms with Crippen LogP contribution in [0.15, 0.2) is 37.2 Å². The molecule has 35 heavy (non-hydrogen) atoms. The number of aromatic nitrogens is 5. The third kappa shape index (κ3) is 4.63. The third-order valence-electron chi connectivity index (χ3n) is 4.92. The molecule has 3 N–H and O–H groups in total. The van der Waals surface area contributed by atoms with Gasteiger partial charge in [0.1, 0.15) is 17.2 Å². The summed E-state index contributed by atoms with van der Waals surface area (Å²) in [4.78, 5) is 36.6. The lowest BCUT2D eigenvalue weighted by Gasteiger charge is -2.13. The van der Waals surface area contributed by atoms with Crippen molar-refractivity contribution in [2.75, 3.05) is 24.9 Å². The lowest BCUT2D eigenvalue weighted by molar-refractivity contribution is -0.111. The first-order valence-electron chi connectivity index (χ1n) is 10.00. The molecule has 0 aliphatic rings. The Morgan fingerprint density at radius 1 is 1.17 bits per heavy atom. The molecule has 4 aromatic rings. The molecule has 3 aromatic heterocycles. The number of H-pyrrole nitrogens is 1. The molecular formula is C22H19Cl2N7O4. The number of nitrogens with one attached hydrogen (secondary N) is 3. The van der Waals surface area contributed by atoms with Crippen LogP contribution >= 0.6 is 23.2 Å². The SMILES string of the molecule is C=CC(=O)Nc1cn(C)nc1Nc1ncc2[nH]c(C(=O)c3c(Cl)c(OC)cc(OC)c3Cl)cc2n1. The average Bonchev–Trinajstić information content (AvgIpc) is 3.41. The minimum absolute atomic E-state index is 0.0264. The number of ketones is 1. The molecule has 1 aromatic carbocycles. The Morgan fingerprint density at radius 2 is 1.86 bits per heavy atom. The van der Waals surface area contributed by atoms with E-state index in [1.165, 1.54) is 31.2 Å². The molecule has 4 rings (SSSR count). The van der Waals surface area contributed by atoms with Gasteiger partial charge in [0, 0.05) is 13.1 Å². The van der Waals surface area contributed by atoms with Crippen molar-refractivity contribution in [1.29, 1.82) is 0 Å². The number of halogens is 2. The van der Waals surface area contributed by atoms with Crippen LogP contribution < -0.4 is 20.1 Å². The lowest BCUT2D eigenvalue weighted by Crippen LogP contribution is -2.08. The molecule has 0 spiro atoms. The van der Waals surface area contributed by atoms with E-state index < -0.39 is 11.7 Å². The summed E-state index contributed by atoms with van der Waals surface area (Å²) >= 11 is 12.8. The van der Waals surface area contributed by atoms with Gasteiger partial charge in [-0.25, -0.2) is 9.97 Å². The number of ether oxygens (including phenoxy) is 2. The summed E-state index contributed by atoms with van der Waals surface area (Å²) in [5.41, 5.74) is 1.57. The average molecular weight is 516 g/mol.